The fourth-order valence-electron chi connectivity index (χ4n) is 3.91. The van der Waals surface area contributed by atoms with E-state index in [1.165, 1.54) is 6.42 Å². The van der Waals surface area contributed by atoms with E-state index in [0.717, 1.165) is 54.1 Å². The highest BCUT2D eigenvalue weighted by Crippen LogP contribution is 2.33. The predicted molar refractivity (Wildman–Crippen MR) is 109 cm³/mol. The van der Waals surface area contributed by atoms with Gasteiger partial charge in [-0.05, 0) is 37.0 Å². The van der Waals surface area contributed by atoms with E-state index in [2.05, 4.69) is 5.32 Å². The topological polar surface area (TPSA) is 62.6 Å². The maximum Gasteiger partial charge on any atom is 0.225 e. The molecule has 5 heteroatoms. The van der Waals surface area contributed by atoms with Crippen LogP contribution in [0.25, 0.3) is 11.3 Å². The van der Waals surface area contributed by atoms with Crippen molar-refractivity contribution in [3.05, 3.63) is 41.7 Å². The molecule has 0 atom stereocenters. The maximum atomic E-state index is 12.5. The van der Waals surface area contributed by atoms with Crippen LogP contribution in [0.4, 0.5) is 5.69 Å². The van der Waals surface area contributed by atoms with Crippen molar-refractivity contribution in [2.45, 2.75) is 52.5 Å². The van der Waals surface area contributed by atoms with Crippen LogP contribution in [0, 0.1) is 11.8 Å². The molecule has 1 N–H and O–H groups in total. The van der Waals surface area contributed by atoms with Crippen molar-refractivity contribution < 1.29 is 14.0 Å². The zero-order valence-corrected chi connectivity index (χ0v) is 16.7. The Morgan fingerprint density at radius 1 is 1.25 bits per heavy atom. The van der Waals surface area contributed by atoms with Crippen molar-refractivity contribution in [2.24, 2.45) is 11.8 Å². The maximum absolute atomic E-state index is 12.5. The molecule has 1 aliphatic heterocycles. The minimum atomic E-state index is 0.0241. The van der Waals surface area contributed by atoms with Gasteiger partial charge in [0.25, 0.3) is 0 Å². The monoisotopic (exact) mass is 380 g/mol. The second kappa shape index (κ2) is 7.82. The largest absolute Gasteiger partial charge is 0.461 e. The third-order valence-electron chi connectivity index (χ3n) is 5.66. The lowest BCUT2D eigenvalue weighted by Crippen LogP contribution is -2.41. The number of carbonyl (C=O) groups is 2. The highest BCUT2D eigenvalue weighted by atomic mass is 16.3. The zero-order chi connectivity index (χ0) is 19.7. The summed E-state index contributed by atoms with van der Waals surface area (Å²) < 4.78 is 6.09. The Bertz CT molecular complexity index is 880. The van der Waals surface area contributed by atoms with E-state index >= 15 is 0 Å². The molecule has 1 aromatic carbocycles. The summed E-state index contributed by atoms with van der Waals surface area (Å²) in [5.41, 5.74) is 2.82. The van der Waals surface area contributed by atoms with E-state index in [4.69, 9.17) is 4.42 Å². The minimum absolute atomic E-state index is 0.0241. The molecule has 148 valence electrons. The van der Waals surface area contributed by atoms with Gasteiger partial charge in [0.15, 0.2) is 0 Å². The molecule has 4 rings (SSSR count). The molecule has 0 unspecified atom stereocenters. The summed E-state index contributed by atoms with van der Waals surface area (Å²) in [6.45, 7) is 5.43. The Kier molecular flexibility index (Phi) is 5.25. The van der Waals surface area contributed by atoms with Crippen LogP contribution in [0.3, 0.4) is 0 Å². The number of hydrogen-bond acceptors (Lipinski definition) is 3. The van der Waals surface area contributed by atoms with Crippen molar-refractivity contribution in [3.8, 4) is 11.3 Å². The van der Waals surface area contributed by atoms with Crippen LogP contribution in [-0.2, 0) is 22.6 Å². The van der Waals surface area contributed by atoms with Gasteiger partial charge < -0.3 is 14.6 Å². The molecule has 0 spiro atoms. The third-order valence-corrected chi connectivity index (χ3v) is 5.66. The van der Waals surface area contributed by atoms with Crippen molar-refractivity contribution >= 4 is 17.5 Å². The number of amides is 2. The molecule has 0 saturated heterocycles. The number of nitrogens with zero attached hydrogens (tertiary/aromatic N) is 1. The molecule has 2 amide bonds. The Morgan fingerprint density at radius 2 is 2.07 bits per heavy atom. The first-order valence-electron chi connectivity index (χ1n) is 10.3. The number of furan rings is 1. The highest BCUT2D eigenvalue weighted by molar-refractivity contribution is 5.91. The number of rotatable bonds is 5. The van der Waals surface area contributed by atoms with E-state index < -0.39 is 0 Å². The van der Waals surface area contributed by atoms with Crippen molar-refractivity contribution in [3.63, 3.8) is 0 Å². The van der Waals surface area contributed by atoms with Gasteiger partial charge in [0, 0.05) is 48.7 Å². The van der Waals surface area contributed by atoms with Gasteiger partial charge in [-0.15, -0.1) is 0 Å². The number of carbonyl (C=O) groups excluding carboxylic acids is 2. The molecule has 2 heterocycles. The van der Waals surface area contributed by atoms with Gasteiger partial charge in [-0.1, -0.05) is 32.4 Å². The van der Waals surface area contributed by atoms with Crippen LogP contribution < -0.4 is 5.32 Å². The number of benzene rings is 1. The normalized spacial score (nSPS) is 16.6. The first-order chi connectivity index (χ1) is 13.5. The third kappa shape index (κ3) is 3.98. The summed E-state index contributed by atoms with van der Waals surface area (Å²) in [5, 5.41) is 2.96. The molecule has 0 bridgehead atoms. The first-order valence-corrected chi connectivity index (χ1v) is 10.3. The fourth-order valence-corrected chi connectivity index (χ4v) is 3.91. The van der Waals surface area contributed by atoms with Crippen LogP contribution in [0.1, 0.15) is 50.9 Å². The van der Waals surface area contributed by atoms with E-state index in [-0.39, 0.29) is 11.8 Å². The standard InChI is InChI=1S/C23H28N2O3/c1-15(2)11-22(26)24-19-8-4-7-17(12-19)21-13-18-14-25(10-9-20(18)28-21)23(27)16-5-3-6-16/h4,7-8,12-13,15-16H,3,5-6,9-11,14H2,1-2H3,(H,24,26). The summed E-state index contributed by atoms with van der Waals surface area (Å²) in [6, 6.07) is 9.79. The fraction of sp³-hybridized carbons (Fsp3) is 0.478. The Labute approximate surface area is 166 Å². The number of fused-ring (bicyclic) bond motifs is 1. The first kappa shape index (κ1) is 18.8. The lowest BCUT2D eigenvalue weighted by atomic mass is 9.84. The van der Waals surface area contributed by atoms with Gasteiger partial charge in [0.1, 0.15) is 11.5 Å². The number of hydrogen-bond donors (Lipinski definition) is 1. The molecule has 2 aromatic rings. The van der Waals surface area contributed by atoms with Gasteiger partial charge >= 0.3 is 0 Å². The highest BCUT2D eigenvalue weighted by Gasteiger charge is 2.32. The summed E-state index contributed by atoms with van der Waals surface area (Å²) in [7, 11) is 0. The zero-order valence-electron chi connectivity index (χ0n) is 16.7. The van der Waals surface area contributed by atoms with Crippen LogP contribution in [0.15, 0.2) is 34.7 Å². The Morgan fingerprint density at radius 3 is 2.79 bits per heavy atom. The average molecular weight is 380 g/mol. The van der Waals surface area contributed by atoms with E-state index in [1.54, 1.807) is 0 Å². The van der Waals surface area contributed by atoms with Crippen LogP contribution in [-0.4, -0.2) is 23.3 Å². The SMILES string of the molecule is CC(C)CC(=O)Nc1cccc(-c2cc3c(o2)CCN(C(=O)C2CCC2)C3)c1. The molecule has 1 fully saturated rings. The average Bonchev–Trinajstić information content (AvgIpc) is 3.03. The van der Waals surface area contributed by atoms with Crippen LogP contribution in [0.2, 0.25) is 0 Å². The second-order valence-electron chi connectivity index (χ2n) is 8.42. The molecule has 28 heavy (non-hydrogen) atoms. The second-order valence-corrected chi connectivity index (χ2v) is 8.42. The van der Waals surface area contributed by atoms with Crippen molar-refractivity contribution in [2.75, 3.05) is 11.9 Å². The van der Waals surface area contributed by atoms with E-state index in [0.29, 0.717) is 24.8 Å². The van der Waals surface area contributed by atoms with E-state index in [9.17, 15) is 9.59 Å². The number of anilines is 1. The van der Waals surface area contributed by atoms with Gasteiger partial charge in [0.2, 0.25) is 11.8 Å². The molecule has 1 saturated carbocycles. The quantitative estimate of drug-likeness (QED) is 0.823. The summed E-state index contributed by atoms with van der Waals surface area (Å²) >= 11 is 0. The molecule has 1 aromatic heterocycles. The van der Waals surface area contributed by atoms with Gasteiger partial charge in [0.05, 0.1) is 0 Å². The lowest BCUT2D eigenvalue weighted by Gasteiger charge is -2.33. The predicted octanol–water partition coefficient (Wildman–Crippen LogP) is 4.62. The molecular weight excluding hydrogens is 352 g/mol. The smallest absolute Gasteiger partial charge is 0.225 e. The molecule has 1 aliphatic carbocycles. The van der Waals surface area contributed by atoms with E-state index in [1.807, 2.05) is 49.1 Å². The van der Waals surface area contributed by atoms with Gasteiger partial charge in [-0.3, -0.25) is 9.59 Å². The minimum Gasteiger partial charge on any atom is -0.461 e. The van der Waals surface area contributed by atoms with Crippen LogP contribution in [0.5, 0.6) is 0 Å². The molecule has 5 nitrogen and oxygen atoms in total. The lowest BCUT2D eigenvalue weighted by molar-refractivity contribution is -0.139. The van der Waals surface area contributed by atoms with Crippen molar-refractivity contribution in [1.29, 1.82) is 0 Å². The van der Waals surface area contributed by atoms with Gasteiger partial charge in [-0.2, -0.15) is 0 Å². The van der Waals surface area contributed by atoms with Crippen LogP contribution >= 0.6 is 0 Å². The molecule has 0 radical (unpaired) electrons. The molecular formula is C23H28N2O3. The summed E-state index contributed by atoms with van der Waals surface area (Å²) in [6.07, 6.45) is 4.51. The summed E-state index contributed by atoms with van der Waals surface area (Å²) in [4.78, 5) is 26.6. The van der Waals surface area contributed by atoms with Gasteiger partial charge in [-0.25, -0.2) is 0 Å². The Hall–Kier alpha value is -2.56. The number of nitrogens with one attached hydrogen (secondary N) is 1. The molecule has 2 aliphatic rings. The summed E-state index contributed by atoms with van der Waals surface area (Å²) in [5.74, 6) is 2.65. The van der Waals surface area contributed by atoms with Crippen molar-refractivity contribution in [1.82, 2.24) is 4.90 Å². The Balaban J connectivity index is 1.48.